The summed E-state index contributed by atoms with van der Waals surface area (Å²) in [6, 6.07) is 71.9. The van der Waals surface area contributed by atoms with Crippen molar-refractivity contribution < 1.29 is 0 Å². The lowest BCUT2D eigenvalue weighted by atomic mass is 9.85. The zero-order valence-electron chi connectivity index (χ0n) is 63.0. The van der Waals surface area contributed by atoms with Crippen LogP contribution in [0, 0.1) is 11.3 Å². The molecule has 0 spiro atoms. The molecule has 4 heterocycles. The van der Waals surface area contributed by atoms with Crippen LogP contribution in [-0.4, -0.2) is 18.3 Å². The van der Waals surface area contributed by atoms with Gasteiger partial charge in [0.05, 0.1) is 72.4 Å². The van der Waals surface area contributed by atoms with Crippen LogP contribution in [0.1, 0.15) is 216 Å². The Kier molecular flexibility index (Phi) is 14.8. The van der Waals surface area contributed by atoms with E-state index in [0.717, 1.165) is 88.8 Å². The molecule has 5 nitrogen and oxygen atoms in total. The molecule has 0 amide bonds. The standard InChI is InChI=1S/C93H101N5/c1-86(2,3)56-30-38-73-64(46-56)65-47-57(87(4,5)6)31-39-74(65)95(73)82-72(54-94)81(55-28-26-25-27-29-55)83(96-75-40-32-58(88(7,8)9)48-66(75)67-49-59(89(10,11)12)33-41-76(67)96)85(98-79-44-36-62(92(19,20)21)52-70(79)71-53-63(93(22,23)24)37-45-80(71)98)84(82)97-77-42-34-60(90(13,14)15)50-68(77)69-51-61(91(16,17)18)35-43-78(69)97/h25-53H,1-24H3. The van der Waals surface area contributed by atoms with E-state index in [2.05, 4.69) is 366 Å². The molecule has 498 valence electrons. The summed E-state index contributed by atoms with van der Waals surface area (Å²) < 4.78 is 10.3. The Morgan fingerprint density at radius 1 is 0.224 bits per heavy atom. The highest BCUT2D eigenvalue weighted by molar-refractivity contribution is 6.18. The quantitative estimate of drug-likeness (QED) is 0.169. The lowest BCUT2D eigenvalue weighted by Crippen LogP contribution is -2.17. The molecule has 4 aromatic heterocycles. The fourth-order valence-electron chi connectivity index (χ4n) is 15.3. The van der Waals surface area contributed by atoms with Crippen LogP contribution in [0.25, 0.3) is 121 Å². The van der Waals surface area contributed by atoms with Gasteiger partial charge < -0.3 is 18.3 Å². The minimum absolute atomic E-state index is 0.145. The van der Waals surface area contributed by atoms with Gasteiger partial charge in [0, 0.05) is 48.7 Å². The van der Waals surface area contributed by atoms with Gasteiger partial charge >= 0.3 is 0 Å². The second-order valence-electron chi connectivity index (χ2n) is 36.8. The molecule has 0 saturated heterocycles. The minimum atomic E-state index is -0.156. The van der Waals surface area contributed by atoms with Crippen LogP contribution in [0.5, 0.6) is 0 Å². The number of rotatable bonds is 5. The number of nitriles is 1. The van der Waals surface area contributed by atoms with Gasteiger partial charge in [-0.1, -0.05) is 245 Å². The van der Waals surface area contributed by atoms with E-state index in [1.54, 1.807) is 0 Å². The maximum Gasteiger partial charge on any atom is 0.102 e. The maximum atomic E-state index is 13.4. The third-order valence-electron chi connectivity index (χ3n) is 21.5. The van der Waals surface area contributed by atoms with E-state index in [-0.39, 0.29) is 43.3 Å². The van der Waals surface area contributed by atoms with E-state index in [9.17, 15) is 5.26 Å². The highest BCUT2D eigenvalue weighted by Gasteiger charge is 2.37. The molecule has 14 rings (SSSR count). The van der Waals surface area contributed by atoms with Gasteiger partial charge in [-0.2, -0.15) is 5.26 Å². The van der Waals surface area contributed by atoms with Crippen LogP contribution in [0.3, 0.4) is 0 Å². The Bertz CT molecular complexity index is 5390. The molecular weight excluding hydrogens is 1190 g/mol. The fourth-order valence-corrected chi connectivity index (χ4v) is 15.3. The zero-order chi connectivity index (χ0) is 70.4. The molecular formula is C93H101N5. The van der Waals surface area contributed by atoms with Crippen molar-refractivity contribution in [2.24, 2.45) is 0 Å². The second-order valence-corrected chi connectivity index (χ2v) is 36.8. The highest BCUT2D eigenvalue weighted by atomic mass is 15.1. The van der Waals surface area contributed by atoms with Crippen molar-refractivity contribution in [1.82, 2.24) is 18.3 Å². The van der Waals surface area contributed by atoms with Gasteiger partial charge in [0.25, 0.3) is 0 Å². The summed E-state index contributed by atoms with van der Waals surface area (Å²) in [6.45, 7) is 55.8. The van der Waals surface area contributed by atoms with Crippen LogP contribution in [-0.2, 0) is 43.3 Å². The second kappa shape index (κ2) is 21.9. The molecule has 0 aliphatic rings. The van der Waals surface area contributed by atoms with Crippen molar-refractivity contribution in [3.05, 3.63) is 226 Å². The lowest BCUT2D eigenvalue weighted by Gasteiger charge is -2.30. The number of hydrogen-bond acceptors (Lipinski definition) is 1. The lowest BCUT2D eigenvalue weighted by molar-refractivity contribution is 0.590. The van der Waals surface area contributed by atoms with Crippen LogP contribution in [0.4, 0.5) is 0 Å². The average Bonchev–Trinajstić information content (AvgIpc) is 1.46. The van der Waals surface area contributed by atoms with E-state index < -0.39 is 0 Å². The molecule has 0 N–H and O–H groups in total. The molecule has 0 aliphatic carbocycles. The van der Waals surface area contributed by atoms with Gasteiger partial charge in [-0.05, 0) is 190 Å². The van der Waals surface area contributed by atoms with Crippen LogP contribution in [0.15, 0.2) is 176 Å². The first-order chi connectivity index (χ1) is 45.6. The normalized spacial score (nSPS) is 13.5. The zero-order valence-corrected chi connectivity index (χ0v) is 63.0. The predicted molar refractivity (Wildman–Crippen MR) is 424 cm³/mol. The third kappa shape index (κ3) is 10.7. The monoisotopic (exact) mass is 1290 g/mol. The predicted octanol–water partition coefficient (Wildman–Crippen LogP) is 26.0. The highest BCUT2D eigenvalue weighted by Crippen LogP contribution is 2.54. The Labute approximate surface area is 582 Å². The van der Waals surface area contributed by atoms with Gasteiger partial charge in [-0.25, -0.2) is 0 Å². The van der Waals surface area contributed by atoms with E-state index >= 15 is 0 Å². The number of benzene rings is 10. The van der Waals surface area contributed by atoms with Crippen molar-refractivity contribution in [3.8, 4) is 39.9 Å². The van der Waals surface area contributed by atoms with Crippen molar-refractivity contribution in [2.45, 2.75) is 209 Å². The summed E-state index contributed by atoms with van der Waals surface area (Å²) in [5.74, 6) is 0. The summed E-state index contributed by atoms with van der Waals surface area (Å²) in [4.78, 5) is 0. The molecule has 0 saturated carbocycles. The van der Waals surface area contributed by atoms with E-state index in [1.165, 1.54) is 76.8 Å². The molecule has 0 fully saturated rings. The van der Waals surface area contributed by atoms with Crippen molar-refractivity contribution in [1.29, 1.82) is 5.26 Å². The Morgan fingerprint density at radius 3 is 0.602 bits per heavy atom. The smallest absolute Gasteiger partial charge is 0.102 e. The summed E-state index contributed by atoms with van der Waals surface area (Å²) in [5.41, 5.74) is 23.4. The average molecular weight is 1290 g/mol. The van der Waals surface area contributed by atoms with E-state index in [0.29, 0.717) is 5.56 Å². The Balaban J connectivity index is 1.38. The largest absolute Gasteiger partial charge is 0.306 e. The Hall–Kier alpha value is -9.11. The molecule has 0 atom stereocenters. The molecule has 98 heavy (non-hydrogen) atoms. The van der Waals surface area contributed by atoms with Gasteiger partial charge in [-0.3, -0.25) is 0 Å². The minimum Gasteiger partial charge on any atom is -0.306 e. The number of nitrogens with zero attached hydrogens (tertiary/aromatic N) is 5. The fraction of sp³-hybridized carbons (Fsp3) is 0.344. The summed E-state index contributed by atoms with van der Waals surface area (Å²) in [6.07, 6.45) is 0. The number of hydrogen-bond donors (Lipinski definition) is 0. The van der Waals surface area contributed by atoms with Crippen LogP contribution in [0.2, 0.25) is 0 Å². The van der Waals surface area contributed by atoms with Crippen LogP contribution < -0.4 is 0 Å². The topological polar surface area (TPSA) is 43.5 Å². The molecule has 5 heteroatoms. The summed E-state index contributed by atoms with van der Waals surface area (Å²) in [5, 5.41) is 22.8. The molecule has 0 aliphatic heterocycles. The number of fused-ring (bicyclic) bond motifs is 12. The first kappa shape index (κ1) is 66.1. The molecule has 0 radical (unpaired) electrons. The third-order valence-corrected chi connectivity index (χ3v) is 21.5. The molecule has 0 bridgehead atoms. The molecule has 10 aromatic carbocycles. The Morgan fingerprint density at radius 2 is 0.408 bits per heavy atom. The van der Waals surface area contributed by atoms with Gasteiger partial charge in [-0.15, -0.1) is 0 Å². The van der Waals surface area contributed by atoms with Gasteiger partial charge in [0.2, 0.25) is 0 Å². The number of aromatic nitrogens is 4. The van der Waals surface area contributed by atoms with Gasteiger partial charge in [0.1, 0.15) is 6.07 Å². The van der Waals surface area contributed by atoms with Gasteiger partial charge in [0.15, 0.2) is 0 Å². The summed E-state index contributed by atoms with van der Waals surface area (Å²) in [7, 11) is 0. The van der Waals surface area contributed by atoms with E-state index in [1.807, 2.05) is 0 Å². The van der Waals surface area contributed by atoms with Crippen molar-refractivity contribution >= 4 is 87.2 Å². The molecule has 14 aromatic rings. The first-order valence-corrected chi connectivity index (χ1v) is 35.7. The maximum absolute atomic E-state index is 13.4. The van der Waals surface area contributed by atoms with Crippen molar-refractivity contribution in [2.75, 3.05) is 0 Å². The molecule has 0 unspecified atom stereocenters. The van der Waals surface area contributed by atoms with Crippen LogP contribution >= 0.6 is 0 Å². The summed E-state index contributed by atoms with van der Waals surface area (Å²) >= 11 is 0. The van der Waals surface area contributed by atoms with Crippen molar-refractivity contribution in [3.63, 3.8) is 0 Å². The first-order valence-electron chi connectivity index (χ1n) is 35.7. The SMILES string of the molecule is CC(C)(C)c1ccc2c(c1)c1cc(C(C)(C)C)ccc1n2-c1c(C#N)c(-c2ccccc2)c(-n2c3ccc(C(C)(C)C)cc3c3cc(C(C)(C)C)ccc32)c(-n2c3ccc(C(C)(C)C)cc3c3cc(C(C)(C)C)ccc32)c1-n1c2ccc(C(C)(C)C)cc2c2cc(C(C)(C)C)ccc21. The van der Waals surface area contributed by atoms with E-state index in [4.69, 9.17) is 0 Å².